The maximum Gasteiger partial charge on any atom is 0.203 e. The van der Waals surface area contributed by atoms with E-state index >= 15 is 0 Å². The molecule has 0 aliphatic rings. The van der Waals surface area contributed by atoms with Crippen LogP contribution < -0.4 is 5.43 Å². The summed E-state index contributed by atoms with van der Waals surface area (Å²) in [5.41, 5.74) is 5.37. The van der Waals surface area contributed by atoms with Crippen molar-refractivity contribution in [3.8, 4) is 5.69 Å². The molecule has 0 radical (unpaired) electrons. The summed E-state index contributed by atoms with van der Waals surface area (Å²) in [5.74, 6) is 0. The monoisotopic (exact) mass is 317 g/mol. The van der Waals surface area contributed by atoms with Gasteiger partial charge in [0.05, 0.1) is 23.2 Å². The molecule has 5 nitrogen and oxygen atoms in total. The molecule has 0 aliphatic carbocycles. The number of nitrogens with zero attached hydrogens (tertiary/aromatic N) is 4. The first-order valence-corrected chi connectivity index (χ1v) is 7.50. The van der Waals surface area contributed by atoms with Gasteiger partial charge in [0.15, 0.2) is 0 Å². The number of anilines is 1. The number of aryl methyl sites for hydroxylation is 1. The second-order valence-electron chi connectivity index (χ2n) is 4.24. The summed E-state index contributed by atoms with van der Waals surface area (Å²) in [6.45, 7) is 1.90. The van der Waals surface area contributed by atoms with Gasteiger partial charge in [0.2, 0.25) is 5.13 Å². The topological polar surface area (TPSA) is 55.1 Å². The van der Waals surface area contributed by atoms with Gasteiger partial charge in [0, 0.05) is 11.6 Å². The summed E-state index contributed by atoms with van der Waals surface area (Å²) in [6, 6.07) is 9.75. The molecule has 0 unspecified atom stereocenters. The van der Waals surface area contributed by atoms with E-state index in [0.717, 1.165) is 22.1 Å². The molecule has 1 N–H and O–H groups in total. The van der Waals surface area contributed by atoms with Crippen LogP contribution in [0.15, 0.2) is 47.0 Å². The van der Waals surface area contributed by atoms with Crippen LogP contribution in [0.4, 0.5) is 5.13 Å². The summed E-state index contributed by atoms with van der Waals surface area (Å²) in [7, 11) is 0. The Morgan fingerprint density at radius 3 is 2.86 bits per heavy atom. The fourth-order valence-electron chi connectivity index (χ4n) is 1.83. The number of aromatic nitrogens is 3. The highest BCUT2D eigenvalue weighted by Crippen LogP contribution is 2.22. The number of hydrogen-bond acceptors (Lipinski definition) is 5. The fourth-order valence-corrected chi connectivity index (χ4v) is 2.63. The lowest BCUT2D eigenvalue weighted by molar-refractivity contribution is 0.863. The minimum atomic E-state index is 0.531. The molecule has 0 bridgehead atoms. The Labute approximate surface area is 130 Å². The van der Waals surface area contributed by atoms with Crippen molar-refractivity contribution >= 4 is 34.3 Å². The van der Waals surface area contributed by atoms with Gasteiger partial charge in [0.25, 0.3) is 0 Å². The van der Waals surface area contributed by atoms with E-state index in [4.69, 9.17) is 11.6 Å². The molecule has 1 aromatic carbocycles. The van der Waals surface area contributed by atoms with Crippen LogP contribution in [0, 0.1) is 6.92 Å². The molecule has 3 rings (SSSR count). The van der Waals surface area contributed by atoms with E-state index in [1.807, 2.05) is 42.6 Å². The summed E-state index contributed by atoms with van der Waals surface area (Å²) in [5, 5.41) is 11.7. The average Bonchev–Trinajstić information content (AvgIpc) is 3.11. The fraction of sp³-hybridized carbons (Fsp3) is 0.0714. The van der Waals surface area contributed by atoms with Crippen molar-refractivity contribution in [3.63, 3.8) is 0 Å². The zero-order valence-corrected chi connectivity index (χ0v) is 12.8. The Kier molecular flexibility index (Phi) is 3.98. The minimum Gasteiger partial charge on any atom is -0.253 e. The SMILES string of the molecule is Cc1nn(-c2ccccc2)c(Cl)c1/C=N/Nc1nccs1. The molecule has 2 heterocycles. The molecule has 3 aromatic rings. The van der Waals surface area contributed by atoms with Gasteiger partial charge in [0.1, 0.15) is 5.15 Å². The molecule has 0 aliphatic heterocycles. The predicted molar refractivity (Wildman–Crippen MR) is 86.6 cm³/mol. The van der Waals surface area contributed by atoms with Gasteiger partial charge >= 0.3 is 0 Å². The van der Waals surface area contributed by atoms with Crippen molar-refractivity contribution in [3.05, 3.63) is 58.3 Å². The highest BCUT2D eigenvalue weighted by Gasteiger charge is 2.12. The van der Waals surface area contributed by atoms with Gasteiger partial charge in [-0.1, -0.05) is 29.8 Å². The molecule has 0 atom stereocenters. The third kappa shape index (κ3) is 2.96. The predicted octanol–water partition coefficient (Wildman–Crippen LogP) is 3.74. The van der Waals surface area contributed by atoms with Crippen LogP contribution in [0.3, 0.4) is 0 Å². The molecular formula is C14H12ClN5S. The van der Waals surface area contributed by atoms with Crippen LogP contribution in [0.2, 0.25) is 5.15 Å². The summed E-state index contributed by atoms with van der Waals surface area (Å²) in [4.78, 5) is 4.08. The number of thiazole rings is 1. The lowest BCUT2D eigenvalue weighted by Crippen LogP contribution is -1.96. The zero-order chi connectivity index (χ0) is 14.7. The summed E-state index contributed by atoms with van der Waals surface area (Å²) >= 11 is 7.87. The first-order valence-electron chi connectivity index (χ1n) is 6.25. The van der Waals surface area contributed by atoms with Crippen LogP contribution in [-0.4, -0.2) is 21.0 Å². The van der Waals surface area contributed by atoms with Gasteiger partial charge in [-0.2, -0.15) is 10.2 Å². The van der Waals surface area contributed by atoms with E-state index in [0.29, 0.717) is 5.15 Å². The van der Waals surface area contributed by atoms with Crippen LogP contribution in [0.1, 0.15) is 11.3 Å². The molecule has 106 valence electrons. The number of hydrogen-bond donors (Lipinski definition) is 1. The highest BCUT2D eigenvalue weighted by molar-refractivity contribution is 7.13. The average molecular weight is 318 g/mol. The number of rotatable bonds is 4. The van der Waals surface area contributed by atoms with E-state index in [2.05, 4.69) is 20.6 Å². The lowest BCUT2D eigenvalue weighted by Gasteiger charge is -2.01. The standard InChI is InChI=1S/C14H12ClN5S/c1-10-12(9-17-18-14-16-7-8-21-14)13(15)20(19-10)11-5-3-2-4-6-11/h2-9H,1H3,(H,16,18)/b17-9+. The molecule has 7 heteroatoms. The first-order chi connectivity index (χ1) is 10.3. The van der Waals surface area contributed by atoms with Gasteiger partial charge < -0.3 is 0 Å². The molecule has 0 saturated heterocycles. The van der Waals surface area contributed by atoms with Crippen molar-refractivity contribution in [1.29, 1.82) is 0 Å². The van der Waals surface area contributed by atoms with Crippen LogP contribution >= 0.6 is 22.9 Å². The lowest BCUT2D eigenvalue weighted by atomic mass is 10.3. The molecule has 2 aromatic heterocycles. The second kappa shape index (κ2) is 6.07. The number of halogens is 1. The third-order valence-electron chi connectivity index (χ3n) is 2.83. The van der Waals surface area contributed by atoms with Crippen molar-refractivity contribution in [2.45, 2.75) is 6.92 Å². The van der Waals surface area contributed by atoms with Crippen LogP contribution in [-0.2, 0) is 0 Å². The van der Waals surface area contributed by atoms with Crippen LogP contribution in [0.25, 0.3) is 5.69 Å². The Balaban J connectivity index is 1.86. The van der Waals surface area contributed by atoms with Crippen molar-refractivity contribution in [2.24, 2.45) is 5.10 Å². The Hall–Kier alpha value is -2.18. The van der Waals surface area contributed by atoms with E-state index in [-0.39, 0.29) is 0 Å². The first kappa shape index (κ1) is 13.8. The normalized spacial score (nSPS) is 11.1. The second-order valence-corrected chi connectivity index (χ2v) is 5.50. The van der Waals surface area contributed by atoms with Gasteiger partial charge in [-0.05, 0) is 19.1 Å². The highest BCUT2D eigenvalue weighted by atomic mass is 35.5. The summed E-state index contributed by atoms with van der Waals surface area (Å²) in [6.07, 6.45) is 3.37. The third-order valence-corrected chi connectivity index (χ3v) is 3.88. The van der Waals surface area contributed by atoms with Gasteiger partial charge in [-0.25, -0.2) is 9.67 Å². The largest absolute Gasteiger partial charge is 0.253 e. The van der Waals surface area contributed by atoms with Crippen LogP contribution in [0.5, 0.6) is 0 Å². The van der Waals surface area contributed by atoms with E-state index < -0.39 is 0 Å². The molecule has 21 heavy (non-hydrogen) atoms. The molecule has 0 amide bonds. The Morgan fingerprint density at radius 1 is 1.33 bits per heavy atom. The molecular weight excluding hydrogens is 306 g/mol. The maximum absolute atomic E-state index is 6.39. The van der Waals surface area contributed by atoms with Gasteiger partial charge in [-0.15, -0.1) is 11.3 Å². The van der Waals surface area contributed by atoms with E-state index in [1.54, 1.807) is 17.1 Å². The zero-order valence-electron chi connectivity index (χ0n) is 11.2. The van der Waals surface area contributed by atoms with Gasteiger partial charge in [-0.3, -0.25) is 5.43 Å². The quantitative estimate of drug-likeness (QED) is 0.589. The number of nitrogens with one attached hydrogen (secondary N) is 1. The summed E-state index contributed by atoms with van der Waals surface area (Å²) < 4.78 is 1.70. The van der Waals surface area contributed by atoms with Crippen molar-refractivity contribution in [1.82, 2.24) is 14.8 Å². The number of hydrazone groups is 1. The maximum atomic E-state index is 6.39. The van der Waals surface area contributed by atoms with Crippen molar-refractivity contribution in [2.75, 3.05) is 5.43 Å². The Bertz CT molecular complexity index is 749. The Morgan fingerprint density at radius 2 is 2.14 bits per heavy atom. The smallest absolute Gasteiger partial charge is 0.203 e. The molecule has 0 spiro atoms. The van der Waals surface area contributed by atoms with Crippen molar-refractivity contribution < 1.29 is 0 Å². The molecule has 0 fully saturated rings. The number of benzene rings is 1. The van der Waals surface area contributed by atoms with E-state index in [9.17, 15) is 0 Å². The van der Waals surface area contributed by atoms with E-state index in [1.165, 1.54) is 11.3 Å². The minimum absolute atomic E-state index is 0.531. The number of para-hydroxylation sites is 1. The molecule has 0 saturated carbocycles.